The van der Waals surface area contributed by atoms with E-state index < -0.39 is 5.97 Å². The molecule has 0 atom stereocenters. The molecule has 0 aliphatic rings. The van der Waals surface area contributed by atoms with Crippen LogP contribution in [0.5, 0.6) is 0 Å². The van der Waals surface area contributed by atoms with Gasteiger partial charge in [0.25, 0.3) is 0 Å². The van der Waals surface area contributed by atoms with Crippen LogP contribution in [0.15, 0.2) is 24.3 Å². The number of aliphatic carboxylic acids is 1. The van der Waals surface area contributed by atoms with Crippen LogP contribution in [0.25, 0.3) is 0 Å². The summed E-state index contributed by atoms with van der Waals surface area (Å²) in [5.74, 6) is -1.17. The van der Waals surface area contributed by atoms with Gasteiger partial charge in [-0.2, -0.15) is 0 Å². The van der Waals surface area contributed by atoms with Gasteiger partial charge >= 0.3 is 5.97 Å². The molecule has 1 aromatic rings. The third-order valence-corrected chi connectivity index (χ3v) is 2.96. The molecule has 2 N–H and O–H groups in total. The van der Waals surface area contributed by atoms with Crippen LogP contribution < -0.4 is 5.32 Å². The lowest BCUT2D eigenvalue weighted by Gasteiger charge is -2.20. The Morgan fingerprint density at radius 1 is 1.19 bits per heavy atom. The summed E-state index contributed by atoms with van der Waals surface area (Å²) in [6, 6.07) is 7.01. The number of anilines is 1. The van der Waals surface area contributed by atoms with Gasteiger partial charge in [-0.25, -0.2) is 0 Å². The lowest BCUT2D eigenvalue weighted by atomic mass is 10.1. The number of nitrogens with zero attached hydrogens (tertiary/aromatic N) is 1. The first-order valence-corrected chi connectivity index (χ1v) is 6.78. The van der Waals surface area contributed by atoms with Crippen molar-refractivity contribution in [3.05, 3.63) is 29.8 Å². The largest absolute Gasteiger partial charge is 0.481 e. The van der Waals surface area contributed by atoms with E-state index in [0.29, 0.717) is 12.2 Å². The van der Waals surface area contributed by atoms with E-state index >= 15 is 0 Å². The summed E-state index contributed by atoms with van der Waals surface area (Å²) in [7, 11) is 0. The Morgan fingerprint density at radius 3 is 2.29 bits per heavy atom. The number of likely N-dealkylation sites (N-methyl/N-ethyl adjacent to an activating group) is 1. The van der Waals surface area contributed by atoms with Gasteiger partial charge in [0.15, 0.2) is 0 Å². The zero-order chi connectivity index (χ0) is 15.8. The van der Waals surface area contributed by atoms with Gasteiger partial charge in [-0.15, -0.1) is 0 Å². The van der Waals surface area contributed by atoms with E-state index in [4.69, 9.17) is 5.11 Å². The van der Waals surface area contributed by atoms with Crippen molar-refractivity contribution < 1.29 is 19.5 Å². The van der Waals surface area contributed by atoms with Crippen molar-refractivity contribution in [2.24, 2.45) is 0 Å². The number of hydrogen-bond acceptors (Lipinski definition) is 3. The maximum absolute atomic E-state index is 12.1. The predicted octanol–water partition coefficient (Wildman–Crippen LogP) is 1.51. The Balaban J connectivity index is 2.60. The molecule has 6 heteroatoms. The molecule has 0 fully saturated rings. The fourth-order valence-corrected chi connectivity index (χ4v) is 1.89. The number of carboxylic acids is 1. The van der Waals surface area contributed by atoms with Gasteiger partial charge in [0.2, 0.25) is 11.8 Å². The van der Waals surface area contributed by atoms with Gasteiger partial charge in [-0.1, -0.05) is 12.1 Å². The predicted molar refractivity (Wildman–Crippen MR) is 79.0 cm³/mol. The second kappa shape index (κ2) is 8.04. The minimum Gasteiger partial charge on any atom is -0.481 e. The van der Waals surface area contributed by atoms with Gasteiger partial charge in [0.1, 0.15) is 0 Å². The molecule has 0 aromatic heterocycles. The summed E-state index contributed by atoms with van der Waals surface area (Å²) in [6.45, 7) is 3.95. The average molecular weight is 292 g/mol. The van der Waals surface area contributed by atoms with Gasteiger partial charge in [-0.05, 0) is 24.6 Å². The van der Waals surface area contributed by atoms with Crippen molar-refractivity contribution in [2.45, 2.75) is 26.7 Å². The number of amides is 2. The van der Waals surface area contributed by atoms with Crippen molar-refractivity contribution in [3.63, 3.8) is 0 Å². The lowest BCUT2D eigenvalue weighted by Crippen LogP contribution is -2.34. The second-order valence-electron chi connectivity index (χ2n) is 4.67. The third-order valence-electron chi connectivity index (χ3n) is 2.96. The molecule has 1 rings (SSSR count). The number of nitrogens with one attached hydrogen (secondary N) is 1. The maximum atomic E-state index is 12.1. The SMILES string of the molecule is CCN(CCC(=O)O)C(=O)Cc1ccc(NC(C)=O)cc1. The fraction of sp³-hybridized carbons (Fsp3) is 0.400. The molecule has 0 heterocycles. The Hall–Kier alpha value is -2.37. The molecule has 0 saturated carbocycles. The first-order valence-electron chi connectivity index (χ1n) is 6.78. The molecule has 0 aliphatic carbocycles. The molecule has 114 valence electrons. The van der Waals surface area contributed by atoms with Gasteiger partial charge in [-0.3, -0.25) is 14.4 Å². The van der Waals surface area contributed by atoms with Gasteiger partial charge in [0.05, 0.1) is 12.8 Å². The quantitative estimate of drug-likeness (QED) is 0.797. The molecule has 0 unspecified atom stereocenters. The number of benzene rings is 1. The highest BCUT2D eigenvalue weighted by Crippen LogP contribution is 2.11. The second-order valence-corrected chi connectivity index (χ2v) is 4.67. The van der Waals surface area contributed by atoms with Crippen LogP contribution in [0.3, 0.4) is 0 Å². The van der Waals surface area contributed by atoms with Crippen LogP contribution >= 0.6 is 0 Å². The molecule has 1 aromatic carbocycles. The Bertz CT molecular complexity index is 511. The normalized spacial score (nSPS) is 10.0. The van der Waals surface area contributed by atoms with Gasteiger partial charge < -0.3 is 15.3 Å². The van der Waals surface area contributed by atoms with E-state index in [1.807, 2.05) is 6.92 Å². The molecular formula is C15H20N2O4. The van der Waals surface area contributed by atoms with Crippen LogP contribution in [-0.4, -0.2) is 40.9 Å². The van der Waals surface area contributed by atoms with Crippen LogP contribution in [-0.2, 0) is 20.8 Å². The zero-order valence-corrected chi connectivity index (χ0v) is 12.3. The topological polar surface area (TPSA) is 86.7 Å². The third kappa shape index (κ3) is 6.07. The molecule has 0 radical (unpaired) electrons. The average Bonchev–Trinajstić information content (AvgIpc) is 2.40. The van der Waals surface area contributed by atoms with E-state index in [2.05, 4.69) is 5.32 Å². The van der Waals surface area contributed by atoms with Crippen LogP contribution in [0.1, 0.15) is 25.8 Å². The molecule has 0 spiro atoms. The Kier molecular flexibility index (Phi) is 6.39. The van der Waals surface area contributed by atoms with Crippen molar-refractivity contribution in [3.8, 4) is 0 Å². The summed E-state index contributed by atoms with van der Waals surface area (Å²) in [4.78, 5) is 35.1. The number of carboxylic acid groups (broad SMARTS) is 1. The van der Waals surface area contributed by atoms with E-state index in [1.54, 1.807) is 24.3 Å². The monoisotopic (exact) mass is 292 g/mol. The number of carbonyl (C=O) groups excluding carboxylic acids is 2. The van der Waals surface area contributed by atoms with Crippen LogP contribution in [0.2, 0.25) is 0 Å². The van der Waals surface area contributed by atoms with Gasteiger partial charge in [0, 0.05) is 25.7 Å². The van der Waals surface area contributed by atoms with E-state index in [9.17, 15) is 14.4 Å². The maximum Gasteiger partial charge on any atom is 0.305 e. The highest BCUT2D eigenvalue weighted by molar-refractivity contribution is 5.88. The van der Waals surface area contributed by atoms with Crippen LogP contribution in [0.4, 0.5) is 5.69 Å². The standard InChI is InChI=1S/C15H20N2O4/c1-3-17(9-8-15(20)21)14(19)10-12-4-6-13(7-5-12)16-11(2)18/h4-7H,3,8-10H2,1-2H3,(H,16,18)(H,20,21). The fourth-order valence-electron chi connectivity index (χ4n) is 1.89. The minimum absolute atomic E-state index is 0.0545. The van der Waals surface area contributed by atoms with E-state index in [1.165, 1.54) is 11.8 Å². The van der Waals surface area contributed by atoms with Crippen molar-refractivity contribution >= 4 is 23.5 Å². The van der Waals surface area contributed by atoms with E-state index in [-0.39, 0.29) is 31.2 Å². The summed E-state index contributed by atoms with van der Waals surface area (Å²) < 4.78 is 0. The summed E-state index contributed by atoms with van der Waals surface area (Å²) in [5.41, 5.74) is 1.50. The van der Waals surface area contributed by atoms with Crippen LogP contribution in [0, 0.1) is 0 Å². The first-order chi connectivity index (χ1) is 9.92. The number of carbonyl (C=O) groups is 3. The van der Waals surface area contributed by atoms with Crippen molar-refractivity contribution in [2.75, 3.05) is 18.4 Å². The summed E-state index contributed by atoms with van der Waals surface area (Å²) in [5, 5.41) is 11.3. The molecule has 0 saturated heterocycles. The molecule has 21 heavy (non-hydrogen) atoms. The lowest BCUT2D eigenvalue weighted by molar-refractivity contribution is -0.138. The highest BCUT2D eigenvalue weighted by Gasteiger charge is 2.13. The molecule has 6 nitrogen and oxygen atoms in total. The van der Waals surface area contributed by atoms with Crippen molar-refractivity contribution in [1.82, 2.24) is 4.90 Å². The summed E-state index contributed by atoms with van der Waals surface area (Å²) in [6.07, 6.45) is 0.162. The molecule has 0 bridgehead atoms. The zero-order valence-electron chi connectivity index (χ0n) is 12.3. The molecular weight excluding hydrogens is 272 g/mol. The Labute approximate surface area is 123 Å². The first kappa shape index (κ1) is 16.7. The molecule has 0 aliphatic heterocycles. The Morgan fingerprint density at radius 2 is 1.81 bits per heavy atom. The highest BCUT2D eigenvalue weighted by atomic mass is 16.4. The smallest absolute Gasteiger partial charge is 0.305 e. The summed E-state index contributed by atoms with van der Waals surface area (Å²) >= 11 is 0. The molecule has 2 amide bonds. The minimum atomic E-state index is -0.916. The van der Waals surface area contributed by atoms with E-state index in [0.717, 1.165) is 5.56 Å². The number of hydrogen-bond donors (Lipinski definition) is 2. The van der Waals surface area contributed by atoms with Crippen molar-refractivity contribution in [1.29, 1.82) is 0 Å². The number of rotatable bonds is 7.